The average molecular weight is 429 g/mol. The van der Waals surface area contributed by atoms with E-state index in [0.29, 0.717) is 0 Å². The molecule has 1 rings (SSSR count). The van der Waals surface area contributed by atoms with Crippen LogP contribution >= 0.6 is 0 Å². The molecular weight excluding hydrogens is 388 g/mol. The van der Waals surface area contributed by atoms with Gasteiger partial charge in [-0.15, -0.1) is 0 Å². The zero-order valence-electron chi connectivity index (χ0n) is 19.5. The second-order valence-electron chi connectivity index (χ2n) is 9.25. The highest BCUT2D eigenvalue weighted by Gasteiger charge is 2.51. The lowest BCUT2D eigenvalue weighted by molar-refractivity contribution is -0.149. The molecule has 0 aromatic heterocycles. The molecule has 0 aromatic carbocycles. The Balaban J connectivity index is 3.27. The van der Waals surface area contributed by atoms with Crippen LogP contribution in [0.3, 0.4) is 0 Å². The summed E-state index contributed by atoms with van der Waals surface area (Å²) in [7, 11) is 1.28. The molecule has 0 saturated heterocycles. The highest BCUT2D eigenvalue weighted by Crippen LogP contribution is 2.39. The third-order valence-corrected chi connectivity index (χ3v) is 5.60. The fourth-order valence-corrected chi connectivity index (χ4v) is 4.55. The topological polar surface area (TPSA) is 114 Å². The van der Waals surface area contributed by atoms with E-state index in [4.69, 9.17) is 9.47 Å². The molecule has 0 heterocycles. The molecule has 5 atom stereocenters. The van der Waals surface area contributed by atoms with E-state index in [1.165, 1.54) is 14.0 Å². The number of rotatable bonds is 9. The summed E-state index contributed by atoms with van der Waals surface area (Å²) < 4.78 is 10.3. The molecule has 8 nitrogen and oxygen atoms in total. The van der Waals surface area contributed by atoms with Gasteiger partial charge < -0.3 is 25.2 Å². The SMILES string of the molecule is CCCC(CCC)C(NC(C)=O)[C@@H]1[C@H](O)[C@@H](C(=O)OC)C[C@H]1NC(=O)OC(C)(C)C. The maximum atomic E-state index is 12.5. The summed E-state index contributed by atoms with van der Waals surface area (Å²) in [5, 5.41) is 16.9. The van der Waals surface area contributed by atoms with Crippen molar-refractivity contribution >= 4 is 18.0 Å². The van der Waals surface area contributed by atoms with Crippen LogP contribution in [0.15, 0.2) is 0 Å². The normalized spacial score (nSPS) is 25.0. The summed E-state index contributed by atoms with van der Waals surface area (Å²) >= 11 is 0. The predicted octanol–water partition coefficient (Wildman–Crippen LogP) is 2.77. The summed E-state index contributed by atoms with van der Waals surface area (Å²) in [6.07, 6.45) is 2.14. The number of aliphatic hydroxyl groups is 1. The van der Waals surface area contributed by atoms with Gasteiger partial charge in [0.2, 0.25) is 5.91 Å². The van der Waals surface area contributed by atoms with Gasteiger partial charge in [-0.3, -0.25) is 9.59 Å². The van der Waals surface area contributed by atoms with Crippen LogP contribution in [-0.2, 0) is 19.1 Å². The molecule has 1 saturated carbocycles. The van der Waals surface area contributed by atoms with Crippen molar-refractivity contribution in [2.75, 3.05) is 7.11 Å². The van der Waals surface area contributed by atoms with E-state index in [-0.39, 0.29) is 24.3 Å². The predicted molar refractivity (Wildman–Crippen MR) is 114 cm³/mol. The van der Waals surface area contributed by atoms with Gasteiger partial charge in [0.1, 0.15) is 5.60 Å². The molecule has 30 heavy (non-hydrogen) atoms. The summed E-state index contributed by atoms with van der Waals surface area (Å²) in [5.74, 6) is -1.93. The molecular formula is C22H40N2O6. The van der Waals surface area contributed by atoms with Crippen LogP contribution in [0.25, 0.3) is 0 Å². The first kappa shape index (κ1) is 26.2. The van der Waals surface area contributed by atoms with Crippen molar-refractivity contribution in [3.8, 4) is 0 Å². The van der Waals surface area contributed by atoms with Gasteiger partial charge in [-0.05, 0) is 46.0 Å². The molecule has 1 fully saturated rings. The first-order valence-electron chi connectivity index (χ1n) is 11.0. The fraction of sp³-hybridized carbons (Fsp3) is 0.864. The maximum Gasteiger partial charge on any atom is 0.407 e. The van der Waals surface area contributed by atoms with Crippen molar-refractivity contribution in [1.29, 1.82) is 0 Å². The van der Waals surface area contributed by atoms with Crippen LogP contribution in [0.5, 0.6) is 0 Å². The summed E-state index contributed by atoms with van der Waals surface area (Å²) in [5.41, 5.74) is -0.678. The molecule has 1 aliphatic rings. The third kappa shape index (κ3) is 7.45. The fourth-order valence-electron chi connectivity index (χ4n) is 4.55. The summed E-state index contributed by atoms with van der Waals surface area (Å²) in [6.45, 7) is 10.9. The van der Waals surface area contributed by atoms with E-state index in [0.717, 1.165) is 25.7 Å². The molecule has 174 valence electrons. The largest absolute Gasteiger partial charge is 0.469 e. The zero-order valence-corrected chi connectivity index (χ0v) is 19.5. The molecule has 0 aliphatic heterocycles. The first-order chi connectivity index (χ1) is 13.9. The Morgan fingerprint density at radius 2 is 1.70 bits per heavy atom. The molecule has 0 spiro atoms. The number of hydrogen-bond acceptors (Lipinski definition) is 6. The van der Waals surface area contributed by atoms with Crippen molar-refractivity contribution < 1.29 is 29.0 Å². The third-order valence-electron chi connectivity index (χ3n) is 5.60. The molecule has 0 radical (unpaired) electrons. The molecule has 1 unspecified atom stereocenters. The lowest BCUT2D eigenvalue weighted by atomic mass is 9.79. The van der Waals surface area contributed by atoms with Crippen LogP contribution in [0.2, 0.25) is 0 Å². The molecule has 8 heteroatoms. The van der Waals surface area contributed by atoms with E-state index in [9.17, 15) is 19.5 Å². The first-order valence-corrected chi connectivity index (χ1v) is 11.0. The maximum absolute atomic E-state index is 12.5. The second-order valence-corrected chi connectivity index (χ2v) is 9.25. The van der Waals surface area contributed by atoms with E-state index in [2.05, 4.69) is 24.5 Å². The minimum atomic E-state index is -1.05. The molecule has 0 bridgehead atoms. The highest BCUT2D eigenvalue weighted by atomic mass is 16.6. The van der Waals surface area contributed by atoms with Gasteiger partial charge in [0.05, 0.1) is 19.1 Å². The van der Waals surface area contributed by atoms with Gasteiger partial charge in [0.25, 0.3) is 0 Å². The second kappa shape index (κ2) is 11.5. The number of hydrogen-bond donors (Lipinski definition) is 3. The molecule has 2 amide bonds. The van der Waals surface area contributed by atoms with E-state index >= 15 is 0 Å². The Labute approximate surface area is 180 Å². The number of carbonyl (C=O) groups is 3. The molecule has 3 N–H and O–H groups in total. The van der Waals surface area contributed by atoms with Crippen molar-refractivity contribution in [3.63, 3.8) is 0 Å². The Kier molecular flexibility index (Phi) is 10.1. The van der Waals surface area contributed by atoms with E-state index in [1.54, 1.807) is 20.8 Å². The van der Waals surface area contributed by atoms with Crippen LogP contribution in [-0.4, -0.2) is 54.0 Å². The minimum absolute atomic E-state index is 0.114. The van der Waals surface area contributed by atoms with Gasteiger partial charge in [-0.2, -0.15) is 0 Å². The zero-order chi connectivity index (χ0) is 23.1. The van der Waals surface area contributed by atoms with Crippen molar-refractivity contribution in [2.24, 2.45) is 17.8 Å². The van der Waals surface area contributed by atoms with E-state index in [1.807, 2.05) is 0 Å². The lowest BCUT2D eigenvalue weighted by Crippen LogP contribution is -2.54. The van der Waals surface area contributed by atoms with Gasteiger partial charge in [-0.25, -0.2) is 4.79 Å². The van der Waals surface area contributed by atoms with Crippen LogP contribution in [0.4, 0.5) is 4.79 Å². The Bertz CT molecular complexity index is 583. The smallest absolute Gasteiger partial charge is 0.407 e. The summed E-state index contributed by atoms with van der Waals surface area (Å²) in [6, 6.07) is -0.918. The number of alkyl carbamates (subject to hydrolysis) is 1. The number of amides is 2. The number of esters is 1. The van der Waals surface area contributed by atoms with Crippen molar-refractivity contribution in [1.82, 2.24) is 10.6 Å². The number of ether oxygens (including phenoxy) is 2. The Morgan fingerprint density at radius 3 is 2.13 bits per heavy atom. The number of nitrogens with one attached hydrogen (secondary N) is 2. The number of carbonyl (C=O) groups excluding carboxylic acids is 3. The van der Waals surface area contributed by atoms with Gasteiger partial charge in [0.15, 0.2) is 0 Å². The van der Waals surface area contributed by atoms with Crippen LogP contribution < -0.4 is 10.6 Å². The minimum Gasteiger partial charge on any atom is -0.469 e. The van der Waals surface area contributed by atoms with Crippen LogP contribution in [0, 0.1) is 17.8 Å². The van der Waals surface area contributed by atoms with Gasteiger partial charge in [0, 0.05) is 24.9 Å². The monoisotopic (exact) mass is 428 g/mol. The molecule has 1 aliphatic carbocycles. The average Bonchev–Trinajstić information content (AvgIpc) is 2.93. The standard InChI is InChI=1S/C22H40N2O6/c1-8-10-14(11-9-2)18(23-13(3)25)17-16(24-21(28)30-22(4,5)6)12-15(19(17)26)20(27)29-7/h14-19,26H,8-12H2,1-7H3,(H,23,25)(H,24,28)/t15-,16+,17+,18?,19+/m0/s1. The van der Waals surface area contributed by atoms with Crippen molar-refractivity contribution in [3.05, 3.63) is 0 Å². The molecule has 0 aromatic rings. The van der Waals surface area contributed by atoms with Crippen LogP contribution in [0.1, 0.15) is 73.6 Å². The number of aliphatic hydroxyl groups excluding tert-OH is 1. The lowest BCUT2D eigenvalue weighted by Gasteiger charge is -2.37. The van der Waals surface area contributed by atoms with Gasteiger partial charge in [-0.1, -0.05) is 26.7 Å². The van der Waals surface area contributed by atoms with E-state index < -0.39 is 41.6 Å². The Hall–Kier alpha value is -1.83. The Morgan fingerprint density at radius 1 is 1.13 bits per heavy atom. The summed E-state index contributed by atoms with van der Waals surface area (Å²) in [4.78, 5) is 36.8. The number of methoxy groups -OCH3 is 1. The quantitative estimate of drug-likeness (QED) is 0.487. The highest BCUT2D eigenvalue weighted by molar-refractivity contribution is 5.75. The van der Waals surface area contributed by atoms with Crippen molar-refractivity contribution in [2.45, 2.75) is 97.4 Å². The van der Waals surface area contributed by atoms with Gasteiger partial charge >= 0.3 is 12.1 Å².